The zero-order valence-corrected chi connectivity index (χ0v) is 16.3. The second-order valence-corrected chi connectivity index (χ2v) is 7.08. The first-order valence-corrected chi connectivity index (χ1v) is 9.42. The van der Waals surface area contributed by atoms with Crippen LogP contribution in [0.1, 0.15) is 28.7 Å². The minimum atomic E-state index is -0.361. The van der Waals surface area contributed by atoms with Crippen molar-refractivity contribution >= 4 is 39.3 Å². The van der Waals surface area contributed by atoms with Crippen LogP contribution in [0.2, 0.25) is 0 Å². The van der Waals surface area contributed by atoms with E-state index in [0.29, 0.717) is 29.6 Å². The van der Waals surface area contributed by atoms with Gasteiger partial charge in [0.1, 0.15) is 5.58 Å². The van der Waals surface area contributed by atoms with Crippen LogP contribution in [0.3, 0.4) is 0 Å². The van der Waals surface area contributed by atoms with Crippen LogP contribution in [-0.2, 0) is 22.5 Å². The van der Waals surface area contributed by atoms with Crippen molar-refractivity contribution in [1.29, 1.82) is 0 Å². The molecular formula is C19H21N3O4S. The van der Waals surface area contributed by atoms with E-state index < -0.39 is 0 Å². The van der Waals surface area contributed by atoms with Gasteiger partial charge < -0.3 is 14.1 Å². The third-order valence-electron chi connectivity index (χ3n) is 3.78. The molecule has 0 saturated heterocycles. The number of ether oxygens (including phenoxy) is 1. The summed E-state index contributed by atoms with van der Waals surface area (Å²) >= 11 is 1.26. The van der Waals surface area contributed by atoms with E-state index in [2.05, 4.69) is 10.3 Å². The van der Waals surface area contributed by atoms with Gasteiger partial charge in [-0.15, -0.1) is 11.3 Å². The standard InChI is InChI=1S/C19H21N3O4S/c1-4-25-16(23)9-12-11-27-19(20-12)21-18(24)17-14(10-22(2)3)13-7-5-6-8-15(13)26-17/h5-8,11H,4,9-10H2,1-3H3,(H,20,21,24). The first-order chi connectivity index (χ1) is 13.0. The summed E-state index contributed by atoms with van der Waals surface area (Å²) in [6.45, 7) is 2.66. The lowest BCUT2D eigenvalue weighted by Gasteiger charge is -2.09. The number of esters is 1. The number of para-hydroxylation sites is 1. The van der Waals surface area contributed by atoms with Crippen molar-refractivity contribution in [3.05, 3.63) is 46.7 Å². The lowest BCUT2D eigenvalue weighted by molar-refractivity contribution is -0.142. The normalized spacial score (nSPS) is 11.1. The summed E-state index contributed by atoms with van der Waals surface area (Å²) in [4.78, 5) is 30.6. The number of anilines is 1. The zero-order valence-electron chi connectivity index (χ0n) is 15.4. The highest BCUT2D eigenvalue weighted by molar-refractivity contribution is 7.14. The van der Waals surface area contributed by atoms with Gasteiger partial charge in [0, 0.05) is 22.9 Å². The predicted octanol–water partition coefficient (Wildman–Crippen LogP) is 3.31. The number of amides is 1. The van der Waals surface area contributed by atoms with Crippen molar-refractivity contribution in [3.63, 3.8) is 0 Å². The Bertz CT molecular complexity index is 961. The molecule has 0 spiro atoms. The number of furan rings is 1. The summed E-state index contributed by atoms with van der Waals surface area (Å²) in [5.74, 6) is -0.432. The molecule has 1 amide bonds. The van der Waals surface area contributed by atoms with Crippen molar-refractivity contribution in [2.75, 3.05) is 26.0 Å². The molecule has 27 heavy (non-hydrogen) atoms. The first-order valence-electron chi connectivity index (χ1n) is 8.54. The average molecular weight is 387 g/mol. The van der Waals surface area contributed by atoms with E-state index in [4.69, 9.17) is 9.15 Å². The molecule has 0 radical (unpaired) electrons. The molecule has 0 unspecified atom stereocenters. The molecule has 2 heterocycles. The van der Waals surface area contributed by atoms with E-state index in [1.807, 2.05) is 43.3 Å². The number of carbonyl (C=O) groups is 2. The van der Waals surface area contributed by atoms with Crippen molar-refractivity contribution < 1.29 is 18.7 Å². The Balaban J connectivity index is 1.80. The molecule has 0 bridgehead atoms. The molecular weight excluding hydrogens is 366 g/mol. The lowest BCUT2D eigenvalue weighted by atomic mass is 10.1. The molecule has 3 rings (SSSR count). The van der Waals surface area contributed by atoms with Crippen LogP contribution in [0.5, 0.6) is 0 Å². The summed E-state index contributed by atoms with van der Waals surface area (Å²) in [5.41, 5.74) is 2.06. The van der Waals surface area contributed by atoms with Gasteiger partial charge in [0.25, 0.3) is 5.91 Å². The summed E-state index contributed by atoms with van der Waals surface area (Å²) in [6.07, 6.45) is 0.0801. The maximum atomic E-state index is 12.8. The average Bonchev–Trinajstić information content (AvgIpc) is 3.19. The smallest absolute Gasteiger partial charge is 0.311 e. The van der Waals surface area contributed by atoms with Gasteiger partial charge in [-0.25, -0.2) is 4.98 Å². The number of fused-ring (bicyclic) bond motifs is 1. The number of hydrogen-bond acceptors (Lipinski definition) is 7. The minimum absolute atomic E-state index is 0.0801. The molecule has 2 aromatic heterocycles. The highest BCUT2D eigenvalue weighted by atomic mass is 32.1. The Morgan fingerprint density at radius 2 is 2.07 bits per heavy atom. The topological polar surface area (TPSA) is 84.7 Å². The van der Waals surface area contributed by atoms with Gasteiger partial charge in [-0.3, -0.25) is 14.9 Å². The van der Waals surface area contributed by atoms with Crippen LogP contribution in [0.25, 0.3) is 11.0 Å². The maximum absolute atomic E-state index is 12.8. The number of carbonyl (C=O) groups excluding carboxylic acids is 2. The largest absolute Gasteiger partial charge is 0.466 e. The van der Waals surface area contributed by atoms with Gasteiger partial charge in [-0.2, -0.15) is 0 Å². The molecule has 1 N–H and O–H groups in total. The predicted molar refractivity (Wildman–Crippen MR) is 104 cm³/mol. The molecule has 0 aliphatic carbocycles. The summed E-state index contributed by atoms with van der Waals surface area (Å²) in [5, 5.41) is 5.82. The molecule has 0 fully saturated rings. The molecule has 0 aliphatic heterocycles. The maximum Gasteiger partial charge on any atom is 0.311 e. The van der Waals surface area contributed by atoms with E-state index in [-0.39, 0.29) is 24.1 Å². The second-order valence-electron chi connectivity index (χ2n) is 6.22. The number of hydrogen-bond donors (Lipinski definition) is 1. The molecule has 0 atom stereocenters. The Kier molecular flexibility index (Phi) is 5.88. The summed E-state index contributed by atoms with van der Waals surface area (Å²) in [7, 11) is 3.87. The van der Waals surface area contributed by atoms with E-state index in [9.17, 15) is 9.59 Å². The highest BCUT2D eigenvalue weighted by Gasteiger charge is 2.22. The molecule has 142 valence electrons. The number of thiazole rings is 1. The third-order valence-corrected chi connectivity index (χ3v) is 4.59. The quantitative estimate of drug-likeness (QED) is 0.626. The van der Waals surface area contributed by atoms with Gasteiger partial charge >= 0.3 is 5.97 Å². The Morgan fingerprint density at radius 3 is 2.81 bits per heavy atom. The number of rotatable bonds is 7. The fourth-order valence-electron chi connectivity index (χ4n) is 2.71. The monoisotopic (exact) mass is 387 g/mol. The molecule has 0 aliphatic rings. The van der Waals surface area contributed by atoms with Crippen LogP contribution in [0.15, 0.2) is 34.1 Å². The van der Waals surface area contributed by atoms with E-state index in [1.54, 1.807) is 12.3 Å². The van der Waals surface area contributed by atoms with Gasteiger partial charge in [0.05, 0.1) is 18.7 Å². The van der Waals surface area contributed by atoms with Crippen LogP contribution in [0, 0.1) is 0 Å². The van der Waals surface area contributed by atoms with Crippen LogP contribution >= 0.6 is 11.3 Å². The van der Waals surface area contributed by atoms with E-state index in [0.717, 1.165) is 10.9 Å². The van der Waals surface area contributed by atoms with Crippen molar-refractivity contribution in [2.24, 2.45) is 0 Å². The summed E-state index contributed by atoms with van der Waals surface area (Å²) < 4.78 is 10.7. The molecule has 0 saturated carbocycles. The fraction of sp³-hybridized carbons (Fsp3) is 0.316. The molecule has 8 heteroatoms. The molecule has 7 nitrogen and oxygen atoms in total. The second kappa shape index (κ2) is 8.32. The number of aromatic nitrogens is 1. The van der Waals surface area contributed by atoms with Crippen molar-refractivity contribution in [2.45, 2.75) is 19.9 Å². The number of nitrogens with one attached hydrogen (secondary N) is 1. The lowest BCUT2D eigenvalue weighted by Crippen LogP contribution is -2.17. The van der Waals surface area contributed by atoms with Crippen LogP contribution < -0.4 is 5.32 Å². The first kappa shape index (κ1) is 19.1. The Hall–Kier alpha value is -2.71. The van der Waals surface area contributed by atoms with E-state index >= 15 is 0 Å². The molecule has 3 aromatic rings. The zero-order chi connectivity index (χ0) is 19.4. The van der Waals surface area contributed by atoms with Gasteiger partial charge in [0.2, 0.25) is 0 Å². The SMILES string of the molecule is CCOC(=O)Cc1csc(NC(=O)c2oc3ccccc3c2CN(C)C)n1. The Labute approximate surface area is 160 Å². The summed E-state index contributed by atoms with van der Waals surface area (Å²) in [6, 6.07) is 7.57. The number of benzene rings is 1. The Morgan fingerprint density at radius 1 is 1.30 bits per heavy atom. The minimum Gasteiger partial charge on any atom is -0.466 e. The van der Waals surface area contributed by atoms with Crippen molar-refractivity contribution in [3.8, 4) is 0 Å². The van der Waals surface area contributed by atoms with Crippen LogP contribution in [-0.4, -0.2) is 42.5 Å². The van der Waals surface area contributed by atoms with Crippen LogP contribution in [0.4, 0.5) is 5.13 Å². The van der Waals surface area contributed by atoms with Crippen molar-refractivity contribution in [1.82, 2.24) is 9.88 Å². The number of nitrogens with zero attached hydrogens (tertiary/aromatic N) is 2. The molecule has 1 aromatic carbocycles. The van der Waals surface area contributed by atoms with Gasteiger partial charge in [0.15, 0.2) is 10.9 Å². The van der Waals surface area contributed by atoms with Gasteiger partial charge in [-0.05, 0) is 27.1 Å². The highest BCUT2D eigenvalue weighted by Crippen LogP contribution is 2.28. The third kappa shape index (κ3) is 4.53. The van der Waals surface area contributed by atoms with E-state index in [1.165, 1.54) is 11.3 Å². The van der Waals surface area contributed by atoms with Gasteiger partial charge in [-0.1, -0.05) is 18.2 Å². The fourth-order valence-corrected chi connectivity index (χ4v) is 3.42.